The molecule has 0 fully saturated rings. The van der Waals surface area contributed by atoms with Gasteiger partial charge >= 0.3 is 0 Å². The van der Waals surface area contributed by atoms with Gasteiger partial charge in [-0.05, 0) is 12.1 Å². The Kier molecular flexibility index (Phi) is 2.91. The van der Waals surface area contributed by atoms with Gasteiger partial charge in [0.15, 0.2) is 5.76 Å². The predicted octanol–water partition coefficient (Wildman–Crippen LogP) is 1.45. The van der Waals surface area contributed by atoms with Gasteiger partial charge in [-0.25, -0.2) is 0 Å². The Balaban J connectivity index is 2.89. The van der Waals surface area contributed by atoms with Crippen LogP contribution in [0, 0.1) is 5.21 Å². The van der Waals surface area contributed by atoms with Gasteiger partial charge in [-0.1, -0.05) is 5.16 Å². The summed E-state index contributed by atoms with van der Waals surface area (Å²) in [6.45, 7) is 3.25. The molecule has 0 saturated carbocycles. The van der Waals surface area contributed by atoms with Gasteiger partial charge in [-0.3, -0.25) is 0 Å². The molecule has 0 bridgehead atoms. The molecule has 76 valence electrons. The zero-order valence-corrected chi connectivity index (χ0v) is 8.04. The minimum Gasteiger partial charge on any atom is -0.623 e. The van der Waals surface area contributed by atoms with E-state index in [0.29, 0.717) is 10.5 Å². The third-order valence-electron chi connectivity index (χ3n) is 1.73. The molecule has 14 heavy (non-hydrogen) atoms. The van der Waals surface area contributed by atoms with Crippen molar-refractivity contribution < 1.29 is 14.4 Å². The summed E-state index contributed by atoms with van der Waals surface area (Å²) in [5.41, 5.74) is -0.901. The maximum absolute atomic E-state index is 11.5. The monoisotopic (exact) mass is 196 g/mol. The molecule has 1 heterocycles. The van der Waals surface area contributed by atoms with Crippen LogP contribution in [0.15, 0.2) is 28.0 Å². The number of hydrogen-bond donors (Lipinski definition) is 1. The molecule has 0 radical (unpaired) electrons. The van der Waals surface area contributed by atoms with Gasteiger partial charge < -0.3 is 14.8 Å². The zero-order valence-electron chi connectivity index (χ0n) is 8.04. The Labute approximate surface area is 81.5 Å². The number of oxime groups is 1. The lowest BCUT2D eigenvalue weighted by molar-refractivity contribution is -0.511. The fourth-order valence-electron chi connectivity index (χ4n) is 0.845. The molecule has 0 amide bonds. The van der Waals surface area contributed by atoms with Crippen molar-refractivity contribution in [1.29, 1.82) is 0 Å². The van der Waals surface area contributed by atoms with Gasteiger partial charge in [0.05, 0.1) is 6.26 Å². The Morgan fingerprint density at radius 3 is 2.86 bits per heavy atom. The predicted molar refractivity (Wildman–Crippen MR) is 51.9 cm³/mol. The van der Waals surface area contributed by atoms with Crippen molar-refractivity contribution in [1.82, 2.24) is 0 Å². The molecule has 0 atom stereocenters. The molecule has 1 aromatic heterocycles. The first-order valence-electron chi connectivity index (χ1n) is 4.10. The van der Waals surface area contributed by atoms with E-state index in [-0.39, 0.29) is 0 Å². The summed E-state index contributed by atoms with van der Waals surface area (Å²) in [4.78, 5) is 0. The van der Waals surface area contributed by atoms with E-state index in [1.165, 1.54) is 12.5 Å². The molecular formula is C9H12N2O3. The van der Waals surface area contributed by atoms with E-state index < -0.39 is 5.54 Å². The van der Waals surface area contributed by atoms with Crippen LogP contribution >= 0.6 is 0 Å². The molecule has 1 rings (SSSR count). The Morgan fingerprint density at radius 1 is 1.64 bits per heavy atom. The Bertz CT molecular complexity index is 339. The summed E-state index contributed by atoms with van der Waals surface area (Å²) in [7, 11) is 0. The lowest BCUT2D eigenvalue weighted by Crippen LogP contribution is -2.35. The van der Waals surface area contributed by atoms with E-state index in [1.54, 1.807) is 26.0 Å². The highest BCUT2D eigenvalue weighted by atomic mass is 16.5. The van der Waals surface area contributed by atoms with E-state index in [9.17, 15) is 5.21 Å². The quantitative estimate of drug-likeness (QED) is 0.261. The lowest BCUT2D eigenvalue weighted by Gasteiger charge is -2.17. The van der Waals surface area contributed by atoms with Crippen LogP contribution in [-0.4, -0.2) is 27.9 Å². The number of rotatable bonds is 3. The lowest BCUT2D eigenvalue weighted by atomic mass is 10.1. The summed E-state index contributed by atoms with van der Waals surface area (Å²) >= 11 is 0. The number of hydroxylamine groups is 1. The fourth-order valence-corrected chi connectivity index (χ4v) is 0.845. The van der Waals surface area contributed by atoms with Crippen LogP contribution in [0.25, 0.3) is 0 Å². The minimum absolute atomic E-state index is 0.458. The topological polar surface area (TPSA) is 71.8 Å². The van der Waals surface area contributed by atoms with Gasteiger partial charge in [0.25, 0.3) is 0 Å². The first-order chi connectivity index (χ1) is 6.56. The molecule has 1 N–H and O–H groups in total. The van der Waals surface area contributed by atoms with E-state index in [2.05, 4.69) is 5.16 Å². The molecule has 0 aromatic carbocycles. The van der Waals surface area contributed by atoms with Crippen LogP contribution in [0.3, 0.4) is 0 Å². The first-order valence-corrected chi connectivity index (χ1v) is 4.10. The molecule has 1 aromatic rings. The highest BCUT2D eigenvalue weighted by Crippen LogP contribution is 2.05. The van der Waals surface area contributed by atoms with Crippen molar-refractivity contribution in [3.8, 4) is 0 Å². The second-order valence-electron chi connectivity index (χ2n) is 3.37. The van der Waals surface area contributed by atoms with E-state index in [4.69, 9.17) is 9.62 Å². The normalized spacial score (nSPS) is 13.7. The van der Waals surface area contributed by atoms with Crippen LogP contribution in [0.4, 0.5) is 0 Å². The van der Waals surface area contributed by atoms with Crippen molar-refractivity contribution in [3.63, 3.8) is 0 Å². The maximum Gasteiger partial charge on any atom is 0.218 e. The number of hydrogen-bond acceptors (Lipinski definition) is 4. The summed E-state index contributed by atoms with van der Waals surface area (Å²) in [5, 5.41) is 22.7. The van der Waals surface area contributed by atoms with Crippen LogP contribution < -0.4 is 0 Å². The van der Waals surface area contributed by atoms with Crippen LogP contribution in [0.2, 0.25) is 0 Å². The van der Waals surface area contributed by atoms with Crippen LogP contribution in [0.5, 0.6) is 0 Å². The summed E-state index contributed by atoms with van der Waals surface area (Å²) in [6, 6.07) is 3.35. The van der Waals surface area contributed by atoms with E-state index >= 15 is 0 Å². The molecule has 5 heteroatoms. The Hall–Kier alpha value is -1.78. The molecule has 0 unspecified atom stereocenters. The fraction of sp³-hybridized carbons (Fsp3) is 0.333. The third kappa shape index (κ3) is 2.35. The average Bonchev–Trinajstić information content (AvgIpc) is 2.56. The zero-order chi connectivity index (χ0) is 10.6. The molecule has 0 aliphatic rings. The van der Waals surface area contributed by atoms with E-state index in [0.717, 1.165) is 6.21 Å². The number of nitrogens with zero attached hydrogens (tertiary/aromatic N) is 2. The second-order valence-corrected chi connectivity index (χ2v) is 3.37. The molecule has 0 aliphatic heterocycles. The highest BCUT2D eigenvalue weighted by molar-refractivity contribution is 5.74. The highest BCUT2D eigenvalue weighted by Gasteiger charge is 2.24. The van der Waals surface area contributed by atoms with Crippen molar-refractivity contribution in [2.45, 2.75) is 19.4 Å². The summed E-state index contributed by atoms with van der Waals surface area (Å²) < 4.78 is 5.63. The van der Waals surface area contributed by atoms with Gasteiger partial charge in [-0.15, -0.1) is 0 Å². The third-order valence-corrected chi connectivity index (χ3v) is 1.73. The Morgan fingerprint density at radius 2 is 2.36 bits per heavy atom. The van der Waals surface area contributed by atoms with Gasteiger partial charge in [0.2, 0.25) is 11.8 Å². The molecule has 0 spiro atoms. The largest absolute Gasteiger partial charge is 0.623 e. The first kappa shape index (κ1) is 10.3. The second kappa shape index (κ2) is 3.95. The van der Waals surface area contributed by atoms with Gasteiger partial charge in [-0.2, -0.15) is 4.74 Å². The van der Waals surface area contributed by atoms with Gasteiger partial charge in [0.1, 0.15) is 6.21 Å². The standard InChI is InChI=1S/C9H12N2O3/c1-9(2,7-10-12)11(13)6-8-4-3-5-14-8/h3-7,12H,1-2H3/b10-7?,11-6-. The van der Waals surface area contributed by atoms with E-state index in [1.807, 2.05) is 0 Å². The molecule has 0 aliphatic carbocycles. The molecule has 5 nitrogen and oxygen atoms in total. The maximum atomic E-state index is 11.5. The van der Waals surface area contributed by atoms with Crippen LogP contribution in [-0.2, 0) is 0 Å². The van der Waals surface area contributed by atoms with Crippen molar-refractivity contribution in [2.24, 2.45) is 5.16 Å². The van der Waals surface area contributed by atoms with Crippen molar-refractivity contribution >= 4 is 12.4 Å². The smallest absolute Gasteiger partial charge is 0.218 e. The minimum atomic E-state index is -0.901. The number of furan rings is 1. The average molecular weight is 196 g/mol. The molecular weight excluding hydrogens is 184 g/mol. The SMILES string of the molecule is CC(C)(C=NO)/[N+]([O-])=C/c1ccco1. The summed E-state index contributed by atoms with van der Waals surface area (Å²) in [6.07, 6.45) is 3.92. The van der Waals surface area contributed by atoms with Gasteiger partial charge in [0, 0.05) is 13.8 Å². The van der Waals surface area contributed by atoms with Crippen LogP contribution in [0.1, 0.15) is 19.6 Å². The van der Waals surface area contributed by atoms with Crippen molar-refractivity contribution in [3.05, 3.63) is 29.4 Å². The summed E-state index contributed by atoms with van der Waals surface area (Å²) in [5.74, 6) is 0.458. The molecule has 0 saturated heterocycles. The van der Waals surface area contributed by atoms with Crippen molar-refractivity contribution in [2.75, 3.05) is 0 Å².